The molecule has 2 saturated heterocycles. The molecule has 0 saturated carbocycles. The van der Waals surface area contributed by atoms with Gasteiger partial charge in [-0.3, -0.25) is 4.90 Å². The molecule has 2 heterocycles. The summed E-state index contributed by atoms with van der Waals surface area (Å²) in [5.74, 6) is 0. The molecule has 4 rings (SSSR count). The van der Waals surface area contributed by atoms with Crippen molar-refractivity contribution in [1.29, 1.82) is 0 Å². The number of benzene rings is 2. The number of thiocarbonyl (C=S) groups is 1. The zero-order chi connectivity index (χ0) is 28.2. The lowest BCUT2D eigenvalue weighted by Gasteiger charge is -2.37. The van der Waals surface area contributed by atoms with E-state index < -0.39 is 11.7 Å². The van der Waals surface area contributed by atoms with Crippen molar-refractivity contribution >= 4 is 34.3 Å². The molecule has 9 heteroatoms. The fourth-order valence-electron chi connectivity index (χ4n) is 5.41. The molecule has 0 bridgehead atoms. The minimum Gasteiger partial charge on any atom is -0.398 e. The molecule has 0 amide bonds. The summed E-state index contributed by atoms with van der Waals surface area (Å²) in [7, 11) is 0. The second-order valence-electron chi connectivity index (χ2n) is 11.8. The SMILES string of the molecule is CC(C)(C)c1ccc(N2CCN(CCCC(=S)N3CCC(Nc4ccc(N)c(C(F)(F)F)c4)CC3)CC2)cc1. The van der Waals surface area contributed by atoms with Gasteiger partial charge in [-0.1, -0.05) is 45.1 Å². The third kappa shape index (κ3) is 8.01. The van der Waals surface area contributed by atoms with Crippen molar-refractivity contribution < 1.29 is 13.2 Å². The first-order valence-corrected chi connectivity index (χ1v) is 14.4. The Morgan fingerprint density at radius 1 is 0.949 bits per heavy atom. The highest BCUT2D eigenvalue weighted by molar-refractivity contribution is 7.80. The molecular formula is C30H42F3N5S. The van der Waals surface area contributed by atoms with Gasteiger partial charge in [-0.05, 0) is 73.5 Å². The number of halogens is 3. The van der Waals surface area contributed by atoms with Crippen LogP contribution in [-0.4, -0.2) is 66.6 Å². The van der Waals surface area contributed by atoms with E-state index in [9.17, 15) is 13.2 Å². The summed E-state index contributed by atoms with van der Waals surface area (Å²) in [6, 6.07) is 13.2. The van der Waals surface area contributed by atoms with Crippen LogP contribution in [0.25, 0.3) is 0 Å². The summed E-state index contributed by atoms with van der Waals surface area (Å²) < 4.78 is 39.5. The van der Waals surface area contributed by atoms with Crippen LogP contribution in [0.1, 0.15) is 57.6 Å². The predicted octanol–water partition coefficient (Wildman–Crippen LogP) is 6.39. The van der Waals surface area contributed by atoms with Crippen molar-refractivity contribution in [2.75, 3.05) is 61.8 Å². The molecule has 0 aliphatic carbocycles. The predicted molar refractivity (Wildman–Crippen MR) is 160 cm³/mol. The van der Waals surface area contributed by atoms with Gasteiger partial charge in [0.2, 0.25) is 0 Å². The molecule has 5 nitrogen and oxygen atoms in total. The largest absolute Gasteiger partial charge is 0.418 e. The number of anilines is 3. The summed E-state index contributed by atoms with van der Waals surface area (Å²) in [5, 5.41) is 3.25. The van der Waals surface area contributed by atoms with Crippen LogP contribution in [-0.2, 0) is 11.6 Å². The van der Waals surface area contributed by atoms with Gasteiger partial charge >= 0.3 is 6.18 Å². The van der Waals surface area contributed by atoms with E-state index in [0.29, 0.717) is 5.69 Å². The standard InChI is InChI=1S/C30H42F3N5S/c1-29(2,3)22-6-9-25(10-7-22)37-19-17-36(18-20-37)14-4-5-28(39)38-15-12-23(13-16-38)35-24-8-11-27(34)26(21-24)30(31,32)33/h6-11,21,23,35H,4-5,12-20,34H2,1-3H3. The highest BCUT2D eigenvalue weighted by Gasteiger charge is 2.33. The molecular weight excluding hydrogens is 519 g/mol. The zero-order valence-electron chi connectivity index (χ0n) is 23.4. The average molecular weight is 562 g/mol. The fraction of sp³-hybridized carbons (Fsp3) is 0.567. The topological polar surface area (TPSA) is 47.8 Å². The van der Waals surface area contributed by atoms with E-state index in [2.05, 4.69) is 65.1 Å². The number of rotatable bonds is 7. The molecule has 2 aromatic carbocycles. The van der Waals surface area contributed by atoms with Crippen LogP contribution in [0.3, 0.4) is 0 Å². The Labute approximate surface area is 236 Å². The Morgan fingerprint density at radius 3 is 2.18 bits per heavy atom. The first-order chi connectivity index (χ1) is 18.4. The van der Waals surface area contributed by atoms with Gasteiger partial charge in [0.1, 0.15) is 0 Å². The molecule has 39 heavy (non-hydrogen) atoms. The zero-order valence-corrected chi connectivity index (χ0v) is 24.2. The number of nitrogens with zero attached hydrogens (tertiary/aromatic N) is 3. The van der Waals surface area contributed by atoms with Crippen molar-refractivity contribution in [1.82, 2.24) is 9.80 Å². The Morgan fingerprint density at radius 2 is 1.59 bits per heavy atom. The first-order valence-electron chi connectivity index (χ1n) is 14.0. The van der Waals surface area contributed by atoms with Gasteiger partial charge in [0, 0.05) is 62.4 Å². The molecule has 214 valence electrons. The molecule has 0 atom stereocenters. The van der Waals surface area contributed by atoms with E-state index >= 15 is 0 Å². The summed E-state index contributed by atoms with van der Waals surface area (Å²) in [6.07, 6.45) is -0.837. The van der Waals surface area contributed by atoms with Gasteiger partial charge in [-0.25, -0.2) is 0 Å². The van der Waals surface area contributed by atoms with Crippen LogP contribution >= 0.6 is 12.2 Å². The third-order valence-corrected chi connectivity index (χ3v) is 8.38. The maximum Gasteiger partial charge on any atom is 0.418 e. The van der Waals surface area contributed by atoms with Crippen LogP contribution in [0.2, 0.25) is 0 Å². The number of nitrogens with one attached hydrogen (secondary N) is 1. The second-order valence-corrected chi connectivity index (χ2v) is 12.3. The van der Waals surface area contributed by atoms with Gasteiger partial charge in [-0.2, -0.15) is 13.2 Å². The summed E-state index contributed by atoms with van der Waals surface area (Å²) in [6.45, 7) is 13.6. The van der Waals surface area contributed by atoms with Crippen molar-refractivity contribution in [2.45, 2.75) is 64.1 Å². The smallest absolute Gasteiger partial charge is 0.398 e. The Hall–Kier alpha value is -2.52. The highest BCUT2D eigenvalue weighted by atomic mass is 32.1. The number of hydrogen-bond donors (Lipinski definition) is 2. The molecule has 2 aromatic rings. The first kappa shape index (κ1) is 29.5. The lowest BCUT2D eigenvalue weighted by Crippen LogP contribution is -2.47. The van der Waals surface area contributed by atoms with Crippen LogP contribution in [0.4, 0.5) is 30.2 Å². The summed E-state index contributed by atoms with van der Waals surface area (Å²) in [4.78, 5) is 8.26. The second kappa shape index (κ2) is 12.3. The van der Waals surface area contributed by atoms with Crippen LogP contribution in [0, 0.1) is 0 Å². The average Bonchev–Trinajstić information content (AvgIpc) is 2.89. The van der Waals surface area contributed by atoms with E-state index in [1.807, 2.05) is 0 Å². The van der Waals surface area contributed by atoms with E-state index in [0.717, 1.165) is 82.6 Å². The molecule has 2 aliphatic rings. The molecule has 0 radical (unpaired) electrons. The summed E-state index contributed by atoms with van der Waals surface area (Å²) >= 11 is 5.74. The van der Waals surface area contributed by atoms with Crippen LogP contribution in [0.15, 0.2) is 42.5 Å². The molecule has 2 fully saturated rings. The maximum absolute atomic E-state index is 13.2. The molecule has 0 unspecified atom stereocenters. The number of piperidine rings is 1. The van der Waals surface area contributed by atoms with Gasteiger partial charge in [0.05, 0.1) is 10.6 Å². The number of likely N-dealkylation sites (tertiary alicyclic amines) is 1. The quantitative estimate of drug-likeness (QED) is 0.302. The lowest BCUT2D eigenvalue weighted by molar-refractivity contribution is -0.136. The third-order valence-electron chi connectivity index (χ3n) is 7.91. The highest BCUT2D eigenvalue weighted by Crippen LogP contribution is 2.35. The maximum atomic E-state index is 13.2. The number of nitrogens with two attached hydrogens (primary N) is 1. The van der Waals surface area contributed by atoms with Gasteiger partial charge in [0.25, 0.3) is 0 Å². The number of piperazine rings is 1. The van der Waals surface area contributed by atoms with E-state index in [1.165, 1.54) is 17.3 Å². The van der Waals surface area contributed by atoms with Crippen molar-refractivity contribution in [3.8, 4) is 0 Å². The molecule has 0 spiro atoms. The van der Waals surface area contributed by atoms with Crippen molar-refractivity contribution in [3.05, 3.63) is 53.6 Å². The van der Waals surface area contributed by atoms with Crippen molar-refractivity contribution in [2.24, 2.45) is 0 Å². The van der Waals surface area contributed by atoms with E-state index in [4.69, 9.17) is 18.0 Å². The summed E-state index contributed by atoms with van der Waals surface area (Å²) in [5.41, 5.74) is 7.78. The molecule has 2 aliphatic heterocycles. The Kier molecular flexibility index (Phi) is 9.32. The van der Waals surface area contributed by atoms with Crippen molar-refractivity contribution in [3.63, 3.8) is 0 Å². The monoisotopic (exact) mass is 561 g/mol. The number of hydrogen-bond acceptors (Lipinski definition) is 5. The normalized spacial score (nSPS) is 17.9. The van der Waals surface area contributed by atoms with Crippen LogP contribution in [0.5, 0.6) is 0 Å². The van der Waals surface area contributed by atoms with Gasteiger partial charge in [-0.15, -0.1) is 0 Å². The number of alkyl halides is 3. The molecule has 0 aromatic heterocycles. The van der Waals surface area contributed by atoms with Gasteiger partial charge < -0.3 is 20.9 Å². The van der Waals surface area contributed by atoms with E-state index in [-0.39, 0.29) is 17.1 Å². The Balaban J connectivity index is 1.14. The van der Waals surface area contributed by atoms with Crippen LogP contribution < -0.4 is 16.0 Å². The lowest BCUT2D eigenvalue weighted by atomic mass is 9.87. The Bertz CT molecular complexity index is 1100. The minimum absolute atomic E-state index is 0.120. The molecule has 3 N–H and O–H groups in total. The minimum atomic E-state index is -4.46. The van der Waals surface area contributed by atoms with E-state index in [1.54, 1.807) is 6.07 Å². The number of nitrogen functional groups attached to an aromatic ring is 1. The van der Waals surface area contributed by atoms with Gasteiger partial charge in [0.15, 0.2) is 0 Å². The fourth-order valence-corrected chi connectivity index (χ4v) is 5.74.